The van der Waals surface area contributed by atoms with E-state index in [-0.39, 0.29) is 23.4 Å². The highest BCUT2D eigenvalue weighted by molar-refractivity contribution is 6.00. The summed E-state index contributed by atoms with van der Waals surface area (Å²) in [7, 11) is 0. The largest absolute Gasteiger partial charge is 0.325 e. The lowest BCUT2D eigenvalue weighted by Crippen LogP contribution is -2.43. The maximum Gasteiger partial charge on any atom is 0.165 e. The minimum atomic E-state index is -0.257. The van der Waals surface area contributed by atoms with Crippen molar-refractivity contribution in [1.29, 1.82) is 0 Å². The van der Waals surface area contributed by atoms with Gasteiger partial charge in [0, 0.05) is 17.7 Å². The first kappa shape index (κ1) is 16.7. The topological polar surface area (TPSA) is 41.6 Å². The molecule has 1 aromatic carbocycles. The monoisotopic (exact) mass is 361 g/mol. The van der Waals surface area contributed by atoms with Crippen molar-refractivity contribution in [2.24, 2.45) is 16.6 Å². The van der Waals surface area contributed by atoms with E-state index in [0.29, 0.717) is 11.8 Å². The summed E-state index contributed by atoms with van der Waals surface area (Å²) in [6.45, 7) is 0. The molecule has 0 bridgehead atoms. The van der Waals surface area contributed by atoms with Crippen molar-refractivity contribution in [2.75, 3.05) is 0 Å². The third kappa shape index (κ3) is 2.71. The van der Waals surface area contributed by atoms with E-state index >= 15 is 0 Å². The van der Waals surface area contributed by atoms with E-state index in [1.54, 1.807) is 6.08 Å². The first-order valence-corrected chi connectivity index (χ1v) is 9.79. The maximum atomic E-state index is 14.4. The van der Waals surface area contributed by atoms with Crippen LogP contribution in [-0.4, -0.2) is 16.8 Å². The summed E-state index contributed by atoms with van der Waals surface area (Å²) in [5.74, 6) is 0.491. The first-order chi connectivity index (χ1) is 13.2. The van der Waals surface area contributed by atoms with E-state index in [2.05, 4.69) is 48.6 Å². The van der Waals surface area contributed by atoms with Crippen molar-refractivity contribution >= 4 is 5.84 Å². The number of nitrogens with two attached hydrogens (primary N) is 1. The van der Waals surface area contributed by atoms with Crippen LogP contribution in [0.1, 0.15) is 42.9 Å². The normalized spacial score (nSPS) is 30.6. The van der Waals surface area contributed by atoms with Crippen LogP contribution in [0.25, 0.3) is 0 Å². The Morgan fingerprint density at radius 3 is 2.59 bits per heavy atom. The average molecular weight is 361 g/mol. The molecule has 2 aliphatic carbocycles. The predicted molar refractivity (Wildman–Crippen MR) is 107 cm³/mol. The van der Waals surface area contributed by atoms with Gasteiger partial charge in [0.1, 0.15) is 0 Å². The van der Waals surface area contributed by atoms with Gasteiger partial charge < -0.3 is 10.6 Å². The molecule has 3 nitrogen and oxygen atoms in total. The second-order valence-electron chi connectivity index (χ2n) is 8.00. The number of amidine groups is 1. The Labute approximate surface area is 159 Å². The van der Waals surface area contributed by atoms with Gasteiger partial charge >= 0.3 is 0 Å². The molecule has 2 heterocycles. The number of halogens is 1. The summed E-state index contributed by atoms with van der Waals surface area (Å²) in [6.07, 6.45) is 18.0. The van der Waals surface area contributed by atoms with Crippen molar-refractivity contribution < 1.29 is 4.39 Å². The number of nitrogens with zero attached hydrogens (tertiary/aromatic N) is 2. The summed E-state index contributed by atoms with van der Waals surface area (Å²) >= 11 is 0. The van der Waals surface area contributed by atoms with Gasteiger partial charge in [0.15, 0.2) is 11.7 Å². The molecule has 0 spiro atoms. The van der Waals surface area contributed by atoms with Gasteiger partial charge in [-0.2, -0.15) is 0 Å². The van der Waals surface area contributed by atoms with Gasteiger partial charge in [-0.25, -0.2) is 4.39 Å². The molecule has 0 amide bonds. The van der Waals surface area contributed by atoms with Crippen LogP contribution in [0.4, 0.5) is 4.39 Å². The fraction of sp³-hybridized carbons (Fsp3) is 0.348. The molecule has 5 rings (SSSR count). The molecule has 1 fully saturated rings. The van der Waals surface area contributed by atoms with Crippen LogP contribution >= 0.6 is 0 Å². The SMILES string of the molecule is NC1(c2ccc(C3N=C4C(F)=CC=CN4C3C3C=CC=CC3)cc2)CCC1. The molecule has 2 N–H and O–H groups in total. The van der Waals surface area contributed by atoms with Crippen LogP contribution in [-0.2, 0) is 5.54 Å². The molecule has 138 valence electrons. The second-order valence-corrected chi connectivity index (χ2v) is 8.00. The molecule has 1 aromatic rings. The Morgan fingerprint density at radius 1 is 1.11 bits per heavy atom. The Bertz CT molecular complexity index is 887. The van der Waals surface area contributed by atoms with E-state index in [4.69, 9.17) is 10.7 Å². The Morgan fingerprint density at radius 2 is 1.93 bits per heavy atom. The average Bonchev–Trinajstić information content (AvgIpc) is 3.08. The minimum absolute atomic E-state index is 0.0817. The lowest BCUT2D eigenvalue weighted by atomic mass is 9.72. The van der Waals surface area contributed by atoms with Crippen LogP contribution in [0.3, 0.4) is 0 Å². The molecule has 3 unspecified atom stereocenters. The number of rotatable bonds is 3. The van der Waals surface area contributed by atoms with E-state index in [0.717, 1.165) is 24.8 Å². The molecule has 27 heavy (non-hydrogen) atoms. The third-order valence-electron chi connectivity index (χ3n) is 6.38. The van der Waals surface area contributed by atoms with E-state index in [1.807, 2.05) is 11.1 Å². The fourth-order valence-corrected chi connectivity index (χ4v) is 4.64. The predicted octanol–water partition coefficient (Wildman–Crippen LogP) is 4.66. The lowest BCUT2D eigenvalue weighted by Gasteiger charge is -2.39. The van der Waals surface area contributed by atoms with Gasteiger partial charge in [0.05, 0.1) is 12.1 Å². The maximum absolute atomic E-state index is 14.4. The highest BCUT2D eigenvalue weighted by Gasteiger charge is 2.42. The van der Waals surface area contributed by atoms with Crippen LogP contribution < -0.4 is 5.73 Å². The molecule has 4 heteroatoms. The van der Waals surface area contributed by atoms with Gasteiger partial charge in [-0.05, 0) is 49.0 Å². The van der Waals surface area contributed by atoms with Crippen LogP contribution in [0.15, 0.2) is 77.7 Å². The third-order valence-corrected chi connectivity index (χ3v) is 6.38. The van der Waals surface area contributed by atoms with Gasteiger partial charge in [-0.1, -0.05) is 48.6 Å². The van der Waals surface area contributed by atoms with Crippen molar-refractivity contribution in [3.05, 3.63) is 83.9 Å². The smallest absolute Gasteiger partial charge is 0.165 e. The molecular formula is C23H24FN3. The summed E-state index contributed by atoms with van der Waals surface area (Å²) in [5, 5.41) is 0. The van der Waals surface area contributed by atoms with Crippen LogP contribution in [0.2, 0.25) is 0 Å². The number of hydrogen-bond donors (Lipinski definition) is 1. The second kappa shape index (κ2) is 6.31. The molecule has 0 saturated heterocycles. The Hall–Kier alpha value is -2.46. The molecule has 4 aliphatic rings. The molecule has 0 aromatic heterocycles. The lowest BCUT2D eigenvalue weighted by molar-refractivity contribution is 0.253. The highest BCUT2D eigenvalue weighted by atomic mass is 19.1. The van der Waals surface area contributed by atoms with E-state index in [9.17, 15) is 4.39 Å². The fourth-order valence-electron chi connectivity index (χ4n) is 4.64. The van der Waals surface area contributed by atoms with Crippen molar-refractivity contribution in [2.45, 2.75) is 43.3 Å². The van der Waals surface area contributed by atoms with Crippen LogP contribution in [0, 0.1) is 5.92 Å². The number of hydrogen-bond acceptors (Lipinski definition) is 3. The first-order valence-electron chi connectivity index (χ1n) is 9.79. The number of aliphatic imine (C=N–C) groups is 1. The zero-order valence-electron chi connectivity index (χ0n) is 15.3. The summed E-state index contributed by atoms with van der Waals surface area (Å²) in [6, 6.07) is 8.54. The highest BCUT2D eigenvalue weighted by Crippen LogP contribution is 2.43. The zero-order chi connectivity index (χ0) is 18.4. The quantitative estimate of drug-likeness (QED) is 0.851. The Balaban J connectivity index is 1.50. The van der Waals surface area contributed by atoms with Crippen molar-refractivity contribution in [3.63, 3.8) is 0 Å². The molecule has 2 aliphatic heterocycles. The molecule has 0 radical (unpaired) electrons. The van der Waals surface area contributed by atoms with Gasteiger partial charge in [-0.15, -0.1) is 0 Å². The summed E-state index contributed by atoms with van der Waals surface area (Å²) < 4.78 is 14.4. The standard InChI is InChI=1S/C23H24FN3/c24-19-8-4-15-27-21(17-6-2-1-3-7-17)20(26-22(19)27)16-9-11-18(12-10-16)23(25)13-5-14-23/h1-4,6,8-12,15,17,20-21H,5,7,13-14,25H2. The number of benzene rings is 1. The number of fused-ring (bicyclic) bond motifs is 1. The molecule has 1 saturated carbocycles. The molecular weight excluding hydrogens is 337 g/mol. The molecule has 3 atom stereocenters. The van der Waals surface area contributed by atoms with Crippen molar-refractivity contribution in [1.82, 2.24) is 4.90 Å². The summed E-state index contributed by atoms with van der Waals surface area (Å²) in [4.78, 5) is 6.82. The van der Waals surface area contributed by atoms with Gasteiger partial charge in [0.2, 0.25) is 0 Å². The van der Waals surface area contributed by atoms with Crippen molar-refractivity contribution in [3.8, 4) is 0 Å². The Kier molecular flexibility index (Phi) is 3.90. The minimum Gasteiger partial charge on any atom is -0.325 e. The van der Waals surface area contributed by atoms with Gasteiger partial charge in [-0.3, -0.25) is 4.99 Å². The summed E-state index contributed by atoms with van der Waals surface area (Å²) in [5.41, 5.74) is 8.63. The number of allylic oxidation sites excluding steroid dienone is 5. The van der Waals surface area contributed by atoms with E-state index in [1.165, 1.54) is 18.1 Å². The van der Waals surface area contributed by atoms with Gasteiger partial charge in [0.25, 0.3) is 0 Å². The van der Waals surface area contributed by atoms with Crippen LogP contribution in [0.5, 0.6) is 0 Å². The zero-order valence-corrected chi connectivity index (χ0v) is 15.3. The van der Waals surface area contributed by atoms with E-state index < -0.39 is 0 Å².